The Morgan fingerprint density at radius 1 is 1.22 bits per heavy atom. The number of rotatable bonds is 13. The number of aliphatic hydroxyl groups is 2. The van der Waals surface area contributed by atoms with Gasteiger partial charge in [0.2, 0.25) is 0 Å². The number of aliphatic carboxylic acids is 1. The summed E-state index contributed by atoms with van der Waals surface area (Å²) in [4.78, 5) is 22.9. The third-order valence-corrected chi connectivity index (χ3v) is 5.70. The molecule has 27 heavy (non-hydrogen) atoms. The van der Waals surface area contributed by atoms with Gasteiger partial charge in [-0.25, -0.2) is 0 Å². The van der Waals surface area contributed by atoms with Crippen LogP contribution < -0.4 is 0 Å². The van der Waals surface area contributed by atoms with Crippen molar-refractivity contribution in [3.8, 4) is 0 Å². The average molecular weight is 383 g/mol. The smallest absolute Gasteiger partial charge is 0.303 e. The first kappa shape index (κ1) is 23.8. The summed E-state index contributed by atoms with van der Waals surface area (Å²) in [5, 5.41) is 29.9. The maximum absolute atomic E-state index is 12.4. The zero-order chi connectivity index (χ0) is 20.5. The van der Waals surface area contributed by atoms with Crippen molar-refractivity contribution in [3.63, 3.8) is 0 Å². The molecule has 0 heterocycles. The van der Waals surface area contributed by atoms with Crippen molar-refractivity contribution >= 4 is 11.8 Å². The van der Waals surface area contributed by atoms with E-state index in [0.29, 0.717) is 19.3 Å². The Balaban J connectivity index is 2.60. The molecule has 0 spiro atoms. The number of carbonyl (C=O) groups is 2. The fourth-order valence-electron chi connectivity index (χ4n) is 4.04. The van der Waals surface area contributed by atoms with Gasteiger partial charge in [0.15, 0.2) is 0 Å². The number of hydrogen-bond acceptors (Lipinski definition) is 4. The van der Waals surface area contributed by atoms with Crippen molar-refractivity contribution < 1.29 is 24.9 Å². The van der Waals surface area contributed by atoms with Gasteiger partial charge in [0.25, 0.3) is 0 Å². The zero-order valence-electron chi connectivity index (χ0n) is 17.2. The second kappa shape index (κ2) is 11.0. The van der Waals surface area contributed by atoms with Crippen LogP contribution in [-0.4, -0.2) is 38.3 Å². The molecular weight excluding hydrogens is 344 g/mol. The molecule has 1 rings (SSSR count). The van der Waals surface area contributed by atoms with Crippen LogP contribution >= 0.6 is 0 Å². The molecule has 0 aromatic carbocycles. The van der Waals surface area contributed by atoms with Crippen LogP contribution in [0.1, 0.15) is 91.4 Å². The number of carboxylic acid groups (broad SMARTS) is 1. The summed E-state index contributed by atoms with van der Waals surface area (Å²) in [6.07, 6.45) is 11.7. The highest BCUT2D eigenvalue weighted by atomic mass is 16.4. The SMILES string of the molecule is CCCCCC(C)(O)C=CC1C(CCCCCCC(=O)O)C(=O)CC1(C)O. The number of hydrogen-bond donors (Lipinski definition) is 3. The Morgan fingerprint density at radius 3 is 2.52 bits per heavy atom. The molecule has 5 nitrogen and oxygen atoms in total. The highest BCUT2D eigenvalue weighted by Crippen LogP contribution is 2.41. The Kier molecular flexibility index (Phi) is 9.68. The molecule has 3 N–H and O–H groups in total. The van der Waals surface area contributed by atoms with Crippen molar-refractivity contribution in [2.45, 2.75) is 103 Å². The predicted octanol–water partition coefficient (Wildman–Crippen LogP) is 4.26. The van der Waals surface area contributed by atoms with E-state index < -0.39 is 17.2 Å². The third-order valence-electron chi connectivity index (χ3n) is 5.70. The van der Waals surface area contributed by atoms with Gasteiger partial charge in [0, 0.05) is 24.7 Å². The van der Waals surface area contributed by atoms with E-state index in [2.05, 4.69) is 6.92 Å². The zero-order valence-corrected chi connectivity index (χ0v) is 17.2. The number of ketones is 1. The molecule has 5 heteroatoms. The molecule has 0 saturated heterocycles. The molecule has 1 aliphatic carbocycles. The average Bonchev–Trinajstić information content (AvgIpc) is 2.76. The predicted molar refractivity (Wildman–Crippen MR) is 106 cm³/mol. The Morgan fingerprint density at radius 2 is 1.89 bits per heavy atom. The van der Waals surface area contributed by atoms with E-state index in [0.717, 1.165) is 38.5 Å². The lowest BCUT2D eigenvalue weighted by atomic mass is 9.82. The van der Waals surface area contributed by atoms with Gasteiger partial charge < -0.3 is 15.3 Å². The third kappa shape index (κ3) is 8.56. The molecule has 1 aliphatic rings. The van der Waals surface area contributed by atoms with E-state index in [-0.39, 0.29) is 30.5 Å². The van der Waals surface area contributed by atoms with Crippen LogP contribution in [0.15, 0.2) is 12.2 Å². The van der Waals surface area contributed by atoms with Crippen LogP contribution in [0.3, 0.4) is 0 Å². The summed E-state index contributed by atoms with van der Waals surface area (Å²) >= 11 is 0. The van der Waals surface area contributed by atoms with Crippen LogP contribution in [0.4, 0.5) is 0 Å². The molecule has 4 atom stereocenters. The summed E-state index contributed by atoms with van der Waals surface area (Å²) in [7, 11) is 0. The van der Waals surface area contributed by atoms with Gasteiger partial charge in [-0.05, 0) is 33.1 Å². The van der Waals surface area contributed by atoms with Crippen LogP contribution in [0.25, 0.3) is 0 Å². The first-order valence-electron chi connectivity index (χ1n) is 10.5. The number of unbranched alkanes of at least 4 members (excludes halogenated alkanes) is 5. The molecule has 0 aromatic rings. The molecule has 0 radical (unpaired) electrons. The van der Waals surface area contributed by atoms with Crippen LogP contribution in [0.5, 0.6) is 0 Å². The Hall–Kier alpha value is -1.20. The van der Waals surface area contributed by atoms with Crippen LogP contribution in [0, 0.1) is 11.8 Å². The van der Waals surface area contributed by atoms with Gasteiger partial charge in [-0.1, -0.05) is 57.6 Å². The Labute approximate surface area is 163 Å². The Bertz CT molecular complexity index is 507. The molecule has 1 fully saturated rings. The van der Waals surface area contributed by atoms with Crippen molar-refractivity contribution in [3.05, 3.63) is 12.2 Å². The summed E-state index contributed by atoms with van der Waals surface area (Å²) in [6, 6.07) is 0. The fraction of sp³-hybridized carbons (Fsp3) is 0.818. The standard InChI is InChI=1S/C22H38O5/c1-4-5-10-14-21(2,26)15-13-18-17(19(23)16-22(18,3)27)11-8-6-7-9-12-20(24)25/h13,15,17-18,26-27H,4-12,14,16H2,1-3H3,(H,24,25). The van der Waals surface area contributed by atoms with Gasteiger partial charge in [-0.2, -0.15) is 0 Å². The maximum atomic E-state index is 12.4. The summed E-state index contributed by atoms with van der Waals surface area (Å²) in [5.74, 6) is -1.18. The lowest BCUT2D eigenvalue weighted by Gasteiger charge is -2.27. The fourth-order valence-corrected chi connectivity index (χ4v) is 4.04. The minimum Gasteiger partial charge on any atom is -0.481 e. The second-order valence-electron chi connectivity index (χ2n) is 8.65. The highest BCUT2D eigenvalue weighted by molar-refractivity contribution is 5.85. The van der Waals surface area contributed by atoms with E-state index in [9.17, 15) is 19.8 Å². The number of carboxylic acids is 1. The maximum Gasteiger partial charge on any atom is 0.303 e. The lowest BCUT2D eigenvalue weighted by Crippen LogP contribution is -2.31. The first-order valence-corrected chi connectivity index (χ1v) is 10.5. The number of carbonyl (C=O) groups excluding carboxylic acids is 1. The van der Waals surface area contributed by atoms with Crippen molar-refractivity contribution in [1.82, 2.24) is 0 Å². The molecule has 156 valence electrons. The first-order chi connectivity index (χ1) is 12.6. The van der Waals surface area contributed by atoms with Crippen LogP contribution in [-0.2, 0) is 9.59 Å². The number of Topliss-reactive ketones (excluding diaryl/α,β-unsaturated/α-hetero) is 1. The molecule has 0 aliphatic heterocycles. The molecule has 1 saturated carbocycles. The van der Waals surface area contributed by atoms with E-state index in [4.69, 9.17) is 5.11 Å². The minimum atomic E-state index is -1.07. The van der Waals surface area contributed by atoms with E-state index >= 15 is 0 Å². The van der Waals surface area contributed by atoms with Gasteiger partial charge in [0.05, 0.1) is 11.2 Å². The normalized spacial score (nSPS) is 28.0. The molecule has 4 unspecified atom stereocenters. The topological polar surface area (TPSA) is 94.8 Å². The lowest BCUT2D eigenvalue weighted by molar-refractivity contribution is -0.137. The van der Waals surface area contributed by atoms with Gasteiger partial charge in [0.1, 0.15) is 5.78 Å². The summed E-state index contributed by atoms with van der Waals surface area (Å²) in [5.41, 5.74) is -1.99. The molecule has 0 bridgehead atoms. The van der Waals surface area contributed by atoms with Gasteiger partial charge >= 0.3 is 5.97 Å². The van der Waals surface area contributed by atoms with Gasteiger partial charge in [-0.15, -0.1) is 0 Å². The van der Waals surface area contributed by atoms with E-state index in [1.807, 2.05) is 6.08 Å². The minimum absolute atomic E-state index is 0.0887. The summed E-state index contributed by atoms with van der Waals surface area (Å²) in [6.45, 7) is 5.61. The second-order valence-corrected chi connectivity index (χ2v) is 8.65. The van der Waals surface area contributed by atoms with E-state index in [1.165, 1.54) is 0 Å². The highest BCUT2D eigenvalue weighted by Gasteiger charge is 2.47. The van der Waals surface area contributed by atoms with Crippen molar-refractivity contribution in [2.75, 3.05) is 0 Å². The molecular formula is C22H38O5. The summed E-state index contributed by atoms with van der Waals surface area (Å²) < 4.78 is 0. The molecule has 0 amide bonds. The van der Waals surface area contributed by atoms with E-state index in [1.54, 1.807) is 19.9 Å². The largest absolute Gasteiger partial charge is 0.481 e. The van der Waals surface area contributed by atoms with Crippen molar-refractivity contribution in [2.24, 2.45) is 11.8 Å². The quantitative estimate of drug-likeness (QED) is 0.327. The van der Waals surface area contributed by atoms with Crippen LogP contribution in [0.2, 0.25) is 0 Å². The molecule has 0 aromatic heterocycles. The van der Waals surface area contributed by atoms with Gasteiger partial charge in [-0.3, -0.25) is 9.59 Å². The van der Waals surface area contributed by atoms with Crippen molar-refractivity contribution in [1.29, 1.82) is 0 Å². The monoisotopic (exact) mass is 382 g/mol.